The number of allylic oxidation sites excluding steroid dienone is 4. The lowest BCUT2D eigenvalue weighted by Gasteiger charge is -2.18. The van der Waals surface area contributed by atoms with Gasteiger partial charge in [-0.1, -0.05) is 176 Å². The molecule has 0 nitrogen and oxygen atoms in total. The zero-order valence-electron chi connectivity index (χ0n) is 23.3. The van der Waals surface area contributed by atoms with Crippen LogP contribution in [0.3, 0.4) is 0 Å². The highest BCUT2D eigenvalue weighted by atomic mass is 28.2. The van der Waals surface area contributed by atoms with Gasteiger partial charge in [0.25, 0.3) is 0 Å². The minimum absolute atomic E-state index is 0.326. The first-order valence-corrected chi connectivity index (χ1v) is 16.5. The lowest BCUT2D eigenvalue weighted by atomic mass is 9.92. The van der Waals surface area contributed by atoms with E-state index < -0.39 is 0 Å². The summed E-state index contributed by atoms with van der Waals surface area (Å²) in [5, 5.41) is 3.40. The van der Waals surface area contributed by atoms with Crippen LogP contribution < -0.4 is 5.19 Å². The molecule has 1 aromatic carbocycles. The van der Waals surface area contributed by atoms with E-state index in [0.717, 1.165) is 5.92 Å². The normalized spacial score (nSPS) is 16.4. The molecule has 0 bridgehead atoms. The maximum Gasteiger partial charge on any atom is 0.0832 e. The highest BCUT2D eigenvalue weighted by Crippen LogP contribution is 2.37. The fourth-order valence-corrected chi connectivity index (χ4v) is 7.88. The monoisotopic (exact) mass is 480 g/mol. The molecule has 0 aliphatic heterocycles. The maximum absolute atomic E-state index is 2.61. The van der Waals surface area contributed by atoms with Crippen LogP contribution in [0.15, 0.2) is 52.8 Å². The van der Waals surface area contributed by atoms with E-state index in [0.29, 0.717) is 5.92 Å². The molecule has 0 radical (unpaired) electrons. The first-order valence-electron chi connectivity index (χ1n) is 15.1. The van der Waals surface area contributed by atoms with Gasteiger partial charge < -0.3 is 0 Å². The van der Waals surface area contributed by atoms with Crippen LogP contribution in [0.5, 0.6) is 0 Å². The van der Waals surface area contributed by atoms with Crippen LogP contribution in [0.1, 0.15) is 137 Å². The van der Waals surface area contributed by atoms with E-state index in [1.54, 1.807) is 21.5 Å². The molecule has 1 atom stereocenters. The molecule has 34 heavy (non-hydrogen) atoms. The molecule has 0 spiro atoms. The van der Waals surface area contributed by atoms with Gasteiger partial charge in [-0.2, -0.15) is 0 Å². The summed E-state index contributed by atoms with van der Waals surface area (Å²) in [6.45, 7) is 9.47. The van der Waals surface area contributed by atoms with Crippen molar-refractivity contribution < 1.29 is 0 Å². The third kappa shape index (κ3) is 11.6. The predicted octanol–water partition coefficient (Wildman–Crippen LogP) is 9.62. The molecule has 0 saturated heterocycles. The van der Waals surface area contributed by atoms with Gasteiger partial charge in [-0.3, -0.25) is 0 Å². The second-order valence-corrected chi connectivity index (χ2v) is 13.3. The van der Waals surface area contributed by atoms with Crippen molar-refractivity contribution in [2.75, 3.05) is 0 Å². The fraction of sp³-hybridized carbons (Fsp3) is 0.697. The van der Waals surface area contributed by atoms with Crippen molar-refractivity contribution in [1.82, 2.24) is 0 Å². The van der Waals surface area contributed by atoms with Crippen molar-refractivity contribution in [1.29, 1.82) is 0 Å². The Kier molecular flexibility index (Phi) is 15.6. The lowest BCUT2D eigenvalue weighted by molar-refractivity contribution is 0.519. The SMILES string of the molecule is CCCCCCCCCCCCCCCCCCC1C([SiH2]c2ccccc2)=CC(C(C)C)=C1C. The minimum Gasteiger partial charge on any atom is -0.0753 e. The van der Waals surface area contributed by atoms with Gasteiger partial charge in [0.05, 0.1) is 9.52 Å². The van der Waals surface area contributed by atoms with E-state index in [-0.39, 0.29) is 9.52 Å². The van der Waals surface area contributed by atoms with E-state index in [1.807, 2.05) is 0 Å². The molecular weight excluding hydrogens is 424 g/mol. The second kappa shape index (κ2) is 18.2. The third-order valence-electron chi connectivity index (χ3n) is 7.99. The topological polar surface area (TPSA) is 0 Å². The van der Waals surface area contributed by atoms with E-state index in [1.165, 1.54) is 109 Å². The molecule has 0 N–H and O–H groups in total. The van der Waals surface area contributed by atoms with Gasteiger partial charge in [-0.15, -0.1) is 0 Å². The third-order valence-corrected chi connectivity index (χ3v) is 9.97. The molecule has 0 heterocycles. The van der Waals surface area contributed by atoms with Gasteiger partial charge in [-0.05, 0) is 30.8 Å². The number of benzene rings is 1. The van der Waals surface area contributed by atoms with Gasteiger partial charge in [0.2, 0.25) is 0 Å². The van der Waals surface area contributed by atoms with E-state index >= 15 is 0 Å². The molecule has 1 heteroatoms. The van der Waals surface area contributed by atoms with Crippen LogP contribution >= 0.6 is 0 Å². The summed E-state index contributed by atoms with van der Waals surface area (Å²) in [6, 6.07) is 11.3. The van der Waals surface area contributed by atoms with Crippen LogP contribution in [0.4, 0.5) is 0 Å². The highest BCUT2D eigenvalue weighted by molar-refractivity contribution is 6.61. The summed E-state index contributed by atoms with van der Waals surface area (Å²) in [5.41, 5.74) is 3.33. The van der Waals surface area contributed by atoms with Gasteiger partial charge in [0.15, 0.2) is 0 Å². The average molecular weight is 481 g/mol. The van der Waals surface area contributed by atoms with Gasteiger partial charge in [-0.25, -0.2) is 0 Å². The summed E-state index contributed by atoms with van der Waals surface area (Å²) >= 11 is 0. The van der Waals surface area contributed by atoms with Gasteiger partial charge >= 0.3 is 0 Å². The number of unbranched alkanes of at least 4 members (excludes halogenated alkanes) is 15. The Morgan fingerprint density at radius 1 is 0.676 bits per heavy atom. The van der Waals surface area contributed by atoms with Crippen LogP contribution in [0.2, 0.25) is 0 Å². The average Bonchev–Trinajstić information content (AvgIpc) is 3.14. The Labute approximate surface area is 215 Å². The molecule has 1 aliphatic carbocycles. The standard InChI is InChI=1S/C33H56Si/c1-5-6-7-8-9-10-11-12-13-14-15-16-17-18-19-23-26-31-29(4)32(28(2)3)27-33(31)34-30-24-21-20-22-25-30/h20-22,24-25,27-28,31H,5-19,23,26,34H2,1-4H3. The maximum atomic E-state index is 2.61. The number of hydrogen-bond acceptors (Lipinski definition) is 0. The smallest absolute Gasteiger partial charge is 0.0753 e. The molecule has 0 saturated carbocycles. The molecule has 0 fully saturated rings. The summed E-state index contributed by atoms with van der Waals surface area (Å²) < 4.78 is 0. The van der Waals surface area contributed by atoms with E-state index in [4.69, 9.17) is 0 Å². The van der Waals surface area contributed by atoms with Crippen LogP contribution in [0, 0.1) is 11.8 Å². The van der Waals surface area contributed by atoms with Crippen LogP contribution in [0.25, 0.3) is 0 Å². The number of hydrogen-bond donors (Lipinski definition) is 0. The molecule has 1 aliphatic rings. The molecule has 0 aromatic heterocycles. The van der Waals surface area contributed by atoms with Crippen LogP contribution in [-0.2, 0) is 0 Å². The highest BCUT2D eigenvalue weighted by Gasteiger charge is 2.25. The second-order valence-electron chi connectivity index (χ2n) is 11.3. The molecular formula is C33H56Si. The van der Waals surface area contributed by atoms with Crippen molar-refractivity contribution in [3.8, 4) is 0 Å². The summed E-state index contributed by atoms with van der Waals surface area (Å²) in [7, 11) is -0.326. The van der Waals surface area contributed by atoms with Crippen molar-refractivity contribution in [2.24, 2.45) is 11.8 Å². The van der Waals surface area contributed by atoms with Crippen molar-refractivity contribution in [2.45, 2.75) is 137 Å². The zero-order valence-corrected chi connectivity index (χ0v) is 24.8. The first kappa shape index (κ1) is 29.1. The van der Waals surface area contributed by atoms with Crippen molar-refractivity contribution >= 4 is 14.7 Å². The van der Waals surface area contributed by atoms with E-state index in [2.05, 4.69) is 64.1 Å². The molecule has 0 amide bonds. The Morgan fingerprint density at radius 3 is 1.62 bits per heavy atom. The largest absolute Gasteiger partial charge is 0.0832 e. The summed E-state index contributed by atoms with van der Waals surface area (Å²) in [6.07, 6.45) is 27.2. The predicted molar refractivity (Wildman–Crippen MR) is 158 cm³/mol. The quantitative estimate of drug-likeness (QED) is 0.129. The zero-order chi connectivity index (χ0) is 24.4. The van der Waals surface area contributed by atoms with Gasteiger partial charge in [0.1, 0.15) is 0 Å². The fourth-order valence-electron chi connectivity index (χ4n) is 5.82. The first-order chi connectivity index (χ1) is 16.6. The van der Waals surface area contributed by atoms with E-state index in [9.17, 15) is 0 Å². The Morgan fingerprint density at radius 2 is 1.15 bits per heavy atom. The number of rotatable bonds is 20. The summed E-state index contributed by atoms with van der Waals surface area (Å²) in [4.78, 5) is 0. The Balaban J connectivity index is 1.53. The van der Waals surface area contributed by atoms with Crippen LogP contribution in [-0.4, -0.2) is 9.52 Å². The molecule has 192 valence electrons. The van der Waals surface area contributed by atoms with Gasteiger partial charge in [0, 0.05) is 0 Å². The Bertz CT molecular complexity index is 697. The van der Waals surface area contributed by atoms with Crippen molar-refractivity contribution in [3.63, 3.8) is 0 Å². The molecule has 1 unspecified atom stereocenters. The minimum atomic E-state index is -0.326. The Hall–Kier alpha value is -1.08. The summed E-state index contributed by atoms with van der Waals surface area (Å²) in [5.74, 6) is 1.41. The molecule has 1 aromatic rings. The lowest BCUT2D eigenvalue weighted by Crippen LogP contribution is -2.20. The molecule has 2 rings (SSSR count). The van der Waals surface area contributed by atoms with Crippen molar-refractivity contribution in [3.05, 3.63) is 52.8 Å².